The standard InChI is InChI=1S/C13H24N2O2/c1-4-17-12(16)9-13(14(2)3)7-8-15(10-13)11-5-6-11/h11H,4-10H2,1-3H3. The van der Waals surface area contributed by atoms with Gasteiger partial charge in [-0.15, -0.1) is 0 Å². The lowest BCUT2D eigenvalue weighted by atomic mass is 9.93. The number of esters is 1. The molecular weight excluding hydrogens is 216 g/mol. The fraction of sp³-hybridized carbons (Fsp3) is 0.923. The number of carbonyl (C=O) groups is 1. The van der Waals surface area contributed by atoms with E-state index < -0.39 is 0 Å². The number of rotatable bonds is 5. The van der Waals surface area contributed by atoms with Crippen LogP contribution in [0.3, 0.4) is 0 Å². The first-order valence-electron chi connectivity index (χ1n) is 6.64. The van der Waals surface area contributed by atoms with Gasteiger partial charge in [-0.25, -0.2) is 0 Å². The van der Waals surface area contributed by atoms with Gasteiger partial charge < -0.3 is 9.64 Å². The number of hydrogen-bond donors (Lipinski definition) is 0. The molecule has 0 aromatic rings. The summed E-state index contributed by atoms with van der Waals surface area (Å²) in [5.74, 6) is -0.0566. The first kappa shape index (κ1) is 12.8. The molecule has 0 aromatic heterocycles. The van der Waals surface area contributed by atoms with Crippen molar-refractivity contribution >= 4 is 5.97 Å². The van der Waals surface area contributed by atoms with Gasteiger partial charge in [-0.2, -0.15) is 0 Å². The summed E-state index contributed by atoms with van der Waals surface area (Å²) < 4.78 is 5.11. The predicted octanol–water partition coefficient (Wildman–Crippen LogP) is 1.11. The highest BCUT2D eigenvalue weighted by molar-refractivity contribution is 5.71. The Labute approximate surface area is 104 Å². The topological polar surface area (TPSA) is 32.8 Å². The second-order valence-electron chi connectivity index (χ2n) is 5.55. The third-order valence-electron chi connectivity index (χ3n) is 4.15. The van der Waals surface area contributed by atoms with Crippen LogP contribution in [-0.4, -0.2) is 61.1 Å². The lowest BCUT2D eigenvalue weighted by Crippen LogP contribution is -2.48. The zero-order valence-corrected chi connectivity index (χ0v) is 11.2. The van der Waals surface area contributed by atoms with Crippen LogP contribution in [0, 0.1) is 0 Å². The number of carbonyl (C=O) groups excluding carboxylic acids is 1. The van der Waals surface area contributed by atoms with E-state index in [1.807, 2.05) is 6.92 Å². The van der Waals surface area contributed by atoms with Crippen molar-refractivity contribution in [1.82, 2.24) is 9.80 Å². The van der Waals surface area contributed by atoms with E-state index in [0.29, 0.717) is 13.0 Å². The second-order valence-corrected chi connectivity index (χ2v) is 5.55. The molecule has 0 spiro atoms. The van der Waals surface area contributed by atoms with E-state index in [4.69, 9.17) is 4.74 Å². The lowest BCUT2D eigenvalue weighted by Gasteiger charge is -2.35. The molecular formula is C13H24N2O2. The summed E-state index contributed by atoms with van der Waals surface area (Å²) in [5, 5.41) is 0. The molecule has 2 fully saturated rings. The van der Waals surface area contributed by atoms with Gasteiger partial charge in [0.05, 0.1) is 13.0 Å². The Balaban J connectivity index is 1.98. The lowest BCUT2D eigenvalue weighted by molar-refractivity contribution is -0.146. The minimum Gasteiger partial charge on any atom is -0.466 e. The molecule has 1 saturated heterocycles. The van der Waals surface area contributed by atoms with Gasteiger partial charge in [0.15, 0.2) is 0 Å². The van der Waals surface area contributed by atoms with Crippen molar-refractivity contribution in [1.29, 1.82) is 0 Å². The van der Waals surface area contributed by atoms with Crippen molar-refractivity contribution in [3.8, 4) is 0 Å². The van der Waals surface area contributed by atoms with E-state index in [9.17, 15) is 4.79 Å². The SMILES string of the molecule is CCOC(=O)CC1(N(C)C)CCN(C2CC2)C1. The summed E-state index contributed by atoms with van der Waals surface area (Å²) in [6.07, 6.45) is 4.28. The minimum atomic E-state index is -0.0566. The van der Waals surface area contributed by atoms with E-state index in [2.05, 4.69) is 23.9 Å². The maximum absolute atomic E-state index is 11.7. The van der Waals surface area contributed by atoms with Crippen molar-refractivity contribution < 1.29 is 9.53 Å². The molecule has 1 aliphatic carbocycles. The molecule has 98 valence electrons. The molecule has 1 atom stereocenters. The molecule has 0 bridgehead atoms. The van der Waals surface area contributed by atoms with Gasteiger partial charge in [0.25, 0.3) is 0 Å². The van der Waals surface area contributed by atoms with Gasteiger partial charge in [0.2, 0.25) is 0 Å². The molecule has 1 saturated carbocycles. The zero-order chi connectivity index (χ0) is 12.5. The fourth-order valence-corrected chi connectivity index (χ4v) is 2.79. The summed E-state index contributed by atoms with van der Waals surface area (Å²) in [4.78, 5) is 16.5. The van der Waals surface area contributed by atoms with Crippen molar-refractivity contribution in [3.63, 3.8) is 0 Å². The maximum Gasteiger partial charge on any atom is 0.307 e. The summed E-state index contributed by atoms with van der Waals surface area (Å²) in [6, 6.07) is 0.791. The number of nitrogens with zero attached hydrogens (tertiary/aromatic N) is 2. The Bertz CT molecular complexity index is 289. The summed E-state index contributed by atoms with van der Waals surface area (Å²) in [5.41, 5.74) is -0.00512. The Kier molecular flexibility index (Phi) is 3.73. The Morgan fingerprint density at radius 2 is 2.18 bits per heavy atom. The highest BCUT2D eigenvalue weighted by Gasteiger charge is 2.45. The van der Waals surface area contributed by atoms with E-state index in [1.165, 1.54) is 12.8 Å². The molecule has 0 amide bonds. The molecule has 1 unspecified atom stereocenters. The first-order valence-corrected chi connectivity index (χ1v) is 6.64. The molecule has 0 N–H and O–H groups in total. The van der Waals surface area contributed by atoms with Crippen molar-refractivity contribution in [2.75, 3.05) is 33.8 Å². The molecule has 4 heteroatoms. The molecule has 2 aliphatic rings. The van der Waals surface area contributed by atoms with Gasteiger partial charge in [0, 0.05) is 24.7 Å². The molecule has 0 aromatic carbocycles. The molecule has 4 nitrogen and oxygen atoms in total. The first-order chi connectivity index (χ1) is 8.07. The average molecular weight is 240 g/mol. The number of ether oxygens (including phenoxy) is 1. The largest absolute Gasteiger partial charge is 0.466 e. The van der Waals surface area contributed by atoms with Crippen molar-refractivity contribution in [2.24, 2.45) is 0 Å². The van der Waals surface area contributed by atoms with Crippen LogP contribution in [-0.2, 0) is 9.53 Å². The van der Waals surface area contributed by atoms with Crippen LogP contribution in [0.4, 0.5) is 0 Å². The molecule has 2 rings (SSSR count). The third kappa shape index (κ3) is 2.80. The zero-order valence-electron chi connectivity index (χ0n) is 11.2. The van der Waals surface area contributed by atoms with Crippen molar-refractivity contribution in [3.05, 3.63) is 0 Å². The quantitative estimate of drug-likeness (QED) is 0.674. The normalized spacial score (nSPS) is 29.9. The Morgan fingerprint density at radius 1 is 1.47 bits per heavy atom. The van der Waals surface area contributed by atoms with Gasteiger partial charge in [0.1, 0.15) is 0 Å². The minimum absolute atomic E-state index is 0.00512. The predicted molar refractivity (Wildman–Crippen MR) is 66.9 cm³/mol. The summed E-state index contributed by atoms with van der Waals surface area (Å²) in [7, 11) is 4.16. The highest BCUT2D eigenvalue weighted by atomic mass is 16.5. The monoisotopic (exact) mass is 240 g/mol. The van der Waals surface area contributed by atoms with Crippen LogP contribution < -0.4 is 0 Å². The van der Waals surface area contributed by atoms with Gasteiger partial charge in [-0.3, -0.25) is 9.69 Å². The number of likely N-dealkylation sites (tertiary alicyclic amines) is 1. The molecule has 17 heavy (non-hydrogen) atoms. The van der Waals surface area contributed by atoms with E-state index in [0.717, 1.165) is 25.6 Å². The molecule has 1 heterocycles. The van der Waals surface area contributed by atoms with Gasteiger partial charge in [-0.1, -0.05) is 0 Å². The van der Waals surface area contributed by atoms with E-state index >= 15 is 0 Å². The van der Waals surface area contributed by atoms with Crippen molar-refractivity contribution in [2.45, 2.75) is 44.2 Å². The summed E-state index contributed by atoms with van der Waals surface area (Å²) >= 11 is 0. The van der Waals surface area contributed by atoms with Gasteiger partial charge in [-0.05, 0) is 40.3 Å². The Hall–Kier alpha value is -0.610. The highest BCUT2D eigenvalue weighted by Crippen LogP contribution is 2.37. The van der Waals surface area contributed by atoms with Crippen LogP contribution in [0.2, 0.25) is 0 Å². The van der Waals surface area contributed by atoms with Crippen LogP contribution in [0.15, 0.2) is 0 Å². The maximum atomic E-state index is 11.7. The van der Waals surface area contributed by atoms with Gasteiger partial charge >= 0.3 is 5.97 Å². The van der Waals surface area contributed by atoms with Crippen LogP contribution >= 0.6 is 0 Å². The smallest absolute Gasteiger partial charge is 0.307 e. The average Bonchev–Trinajstić information content (AvgIpc) is 3.01. The van der Waals surface area contributed by atoms with Crippen LogP contribution in [0.5, 0.6) is 0 Å². The second kappa shape index (κ2) is 4.94. The fourth-order valence-electron chi connectivity index (χ4n) is 2.79. The Morgan fingerprint density at radius 3 is 2.71 bits per heavy atom. The van der Waals surface area contributed by atoms with Crippen LogP contribution in [0.25, 0.3) is 0 Å². The summed E-state index contributed by atoms with van der Waals surface area (Å²) in [6.45, 7) is 4.49. The number of likely N-dealkylation sites (N-methyl/N-ethyl adjacent to an activating group) is 1. The van der Waals surface area contributed by atoms with E-state index in [1.54, 1.807) is 0 Å². The van der Waals surface area contributed by atoms with Crippen LogP contribution in [0.1, 0.15) is 32.6 Å². The third-order valence-corrected chi connectivity index (χ3v) is 4.15. The molecule has 1 aliphatic heterocycles. The molecule has 0 radical (unpaired) electrons. The van der Waals surface area contributed by atoms with E-state index in [-0.39, 0.29) is 11.5 Å². The number of hydrogen-bond acceptors (Lipinski definition) is 4.